The van der Waals surface area contributed by atoms with Crippen molar-refractivity contribution < 1.29 is 148 Å². The molecule has 0 aromatic rings. The number of carbonyl (C=O) groups excluding carboxylic acids is 1. The fourth-order valence-corrected chi connectivity index (χ4v) is 18.5. The highest BCUT2D eigenvalue weighted by Crippen LogP contribution is 2.76. The molecule has 0 amide bonds. The minimum atomic E-state index is -2.07. The number of allylic oxidation sites excluding steroid dienone is 2. The number of aliphatic hydroxyl groups is 17. The summed E-state index contributed by atoms with van der Waals surface area (Å²) >= 11 is 0. The van der Waals surface area contributed by atoms with Crippen LogP contribution in [-0.2, 0) is 61.6 Å². The molecule has 35 atom stereocenters. The van der Waals surface area contributed by atoms with Crippen molar-refractivity contribution in [3.8, 4) is 0 Å². The molecule has 30 nitrogen and oxygen atoms in total. The summed E-state index contributed by atoms with van der Waals surface area (Å²) in [5.41, 5.74) is -5.06. The molecule has 6 saturated heterocycles. The molecule has 0 radical (unpaired) electrons. The van der Waals surface area contributed by atoms with E-state index in [4.69, 9.17) is 56.8 Å². The summed E-state index contributed by atoms with van der Waals surface area (Å²) < 4.78 is 70.6. The Morgan fingerprint density at radius 3 is 1.79 bits per heavy atom. The Kier molecular flexibility index (Phi) is 20.4. The van der Waals surface area contributed by atoms with Gasteiger partial charge < -0.3 is 144 Å². The molecule has 5 aliphatic carbocycles. The van der Waals surface area contributed by atoms with E-state index in [0.29, 0.717) is 51.4 Å². The number of ether oxygens (including phenoxy) is 12. The number of fused-ring (bicyclic) bond motifs is 7. The van der Waals surface area contributed by atoms with Gasteiger partial charge >= 0.3 is 5.97 Å². The monoisotopic (exact) mass is 1320 g/mol. The van der Waals surface area contributed by atoms with Crippen LogP contribution in [0.5, 0.6) is 0 Å². The quantitative estimate of drug-likeness (QED) is 0.0415. The van der Waals surface area contributed by atoms with Crippen molar-refractivity contribution in [1.29, 1.82) is 0 Å². The maximum atomic E-state index is 15.5. The summed E-state index contributed by atoms with van der Waals surface area (Å²) in [6.45, 7) is 10.3. The predicted molar refractivity (Wildman–Crippen MR) is 305 cm³/mol. The Morgan fingerprint density at radius 1 is 0.543 bits per heavy atom. The van der Waals surface area contributed by atoms with Gasteiger partial charge in [-0.1, -0.05) is 53.2 Å². The number of hydrogen-bond acceptors (Lipinski definition) is 30. The van der Waals surface area contributed by atoms with E-state index in [1.165, 1.54) is 6.92 Å². The highest BCUT2D eigenvalue weighted by molar-refractivity contribution is 5.79. The van der Waals surface area contributed by atoms with Crippen LogP contribution in [0.3, 0.4) is 0 Å². The second-order valence-electron chi connectivity index (χ2n) is 30.2. The summed E-state index contributed by atoms with van der Waals surface area (Å²) in [5.74, 6) is -1.33. The summed E-state index contributed by atoms with van der Waals surface area (Å²) in [7, 11) is 0. The Morgan fingerprint density at radius 2 is 1.13 bits per heavy atom. The van der Waals surface area contributed by atoms with Crippen molar-refractivity contribution >= 4 is 5.97 Å². The lowest BCUT2D eigenvalue weighted by Gasteiger charge is -2.72. The molecular formula is C62H100O30. The van der Waals surface area contributed by atoms with Crippen molar-refractivity contribution in [2.45, 2.75) is 272 Å². The van der Waals surface area contributed by atoms with Gasteiger partial charge in [-0.3, -0.25) is 4.79 Å². The topological polar surface area (TPSA) is 472 Å². The lowest BCUT2D eigenvalue weighted by atomic mass is 9.33. The standard InChI is InChI=1S/C62H100O30/c1-25-43(87-50-41(76)44(31(69)21-82-50)88-54-47(78)62(80,23-65)24-84-54)38(73)40(75)51(85-25)90-46-36(71)30(68)20-83-53(46)92-55(79)61-14-12-56(2,3)16-27(61)26-8-9-34-57(4)17-28(66)48(58(5,22-64)33(57)10-11-60(34,7)59(26,6)13-15-61)91-52-42(77)45(37(72)32(18-63)86-52)89-49-39(74)35(70)29(67)19-81-49/h8,25,27-54,63-78,80H,9-24H2,1-7H3/t25-,27-,28-,29+,30-,31+,32+,33-,34-,35-,36+,37+,38-,39+,40+,41+,42+,43-,44-,45-,46+,47-,48-,49-,50-,51-,52-,53-,54-,57-,58-,59+,60+,61-,62+/m0/s1. The SMILES string of the molecule is C[C@@H]1O[C@@H](O[C@H]2[C@H](OC(=O)[C@]34CCC(C)(C)C[C@H]3C3=CC[C@H]5[C@@]6(C)C[C@H](O)[C@H](O[C@@H]7O[C@H](CO)[C@@H](O)[C@H](O[C@@H]8OC[C@@H](O)[C@H](O)[C@H]8O)[C@H]7O)[C@@](C)(CO)[C@H]6CC[C@@]5(C)[C@]3(C)CC4)OC[C@H](O)[C@H]2O)[C@H](O)[C@H](O)[C@H]1O[C@@H]1OC[C@@H](O)[C@H](O[C@@H]2OC[C@](O)(CO)[C@H]2O)[C@H]1O. The molecule has 92 heavy (non-hydrogen) atoms. The van der Waals surface area contributed by atoms with Gasteiger partial charge in [-0.15, -0.1) is 0 Å². The van der Waals surface area contributed by atoms with E-state index >= 15 is 4.79 Å². The molecule has 17 N–H and O–H groups in total. The fraction of sp³-hybridized carbons (Fsp3) is 0.952. The van der Waals surface area contributed by atoms with Gasteiger partial charge in [-0.25, -0.2) is 0 Å². The van der Waals surface area contributed by atoms with Gasteiger partial charge in [0.25, 0.3) is 0 Å². The number of carbonyl (C=O) groups is 1. The first-order chi connectivity index (χ1) is 43.2. The first kappa shape index (κ1) is 71.4. The summed E-state index contributed by atoms with van der Waals surface area (Å²) in [4.78, 5) is 15.5. The third kappa shape index (κ3) is 11.9. The number of esters is 1. The predicted octanol–water partition coefficient (Wildman–Crippen LogP) is -4.86. The zero-order chi connectivity index (χ0) is 66.9. The highest BCUT2D eigenvalue weighted by atomic mass is 16.8. The molecular weight excluding hydrogens is 1220 g/mol. The van der Waals surface area contributed by atoms with Crippen LogP contribution >= 0.6 is 0 Å². The summed E-state index contributed by atoms with van der Waals surface area (Å²) in [6.07, 6.45) is -34.9. The van der Waals surface area contributed by atoms with Crippen molar-refractivity contribution in [1.82, 2.24) is 0 Å². The number of aliphatic hydroxyl groups excluding tert-OH is 16. The molecule has 6 heterocycles. The Balaban J connectivity index is 0.785. The van der Waals surface area contributed by atoms with Crippen LogP contribution in [0.4, 0.5) is 0 Å². The Bertz CT molecular complexity index is 2610. The maximum Gasteiger partial charge on any atom is 0.315 e. The minimum Gasteiger partial charge on any atom is -0.432 e. The summed E-state index contributed by atoms with van der Waals surface area (Å²) in [6, 6.07) is 0. The highest BCUT2D eigenvalue weighted by Gasteiger charge is 2.72. The van der Waals surface area contributed by atoms with Gasteiger partial charge in [0.2, 0.25) is 6.29 Å². The molecule has 0 bridgehead atoms. The summed E-state index contributed by atoms with van der Waals surface area (Å²) in [5, 5.41) is 187. The second kappa shape index (κ2) is 26.3. The molecule has 0 unspecified atom stereocenters. The van der Waals surface area contributed by atoms with Crippen molar-refractivity contribution in [2.75, 3.05) is 46.2 Å². The van der Waals surface area contributed by atoms with Crippen LogP contribution in [-0.4, -0.2) is 304 Å². The first-order valence-corrected chi connectivity index (χ1v) is 32.5. The zero-order valence-corrected chi connectivity index (χ0v) is 53.0. The smallest absolute Gasteiger partial charge is 0.315 e. The minimum absolute atomic E-state index is 0.0832. The van der Waals surface area contributed by atoms with E-state index in [-0.39, 0.29) is 29.6 Å². The average Bonchev–Trinajstić information content (AvgIpc) is 0.730. The normalized spacial score (nSPS) is 55.3. The average molecular weight is 1330 g/mol. The van der Waals surface area contributed by atoms with Gasteiger partial charge in [0.1, 0.15) is 103 Å². The van der Waals surface area contributed by atoms with Crippen molar-refractivity contribution in [3.05, 3.63) is 11.6 Å². The van der Waals surface area contributed by atoms with Crippen LogP contribution in [0.15, 0.2) is 11.6 Å². The Hall–Kier alpha value is -1.91. The molecule has 6 aliphatic heterocycles. The number of rotatable bonds is 15. The van der Waals surface area contributed by atoms with E-state index in [1.807, 2.05) is 6.92 Å². The molecule has 11 aliphatic rings. The van der Waals surface area contributed by atoms with Gasteiger partial charge in [0.05, 0.1) is 70.0 Å². The molecule has 0 spiro atoms. The van der Waals surface area contributed by atoms with E-state index in [9.17, 15) is 86.8 Å². The molecule has 0 aromatic carbocycles. The fourth-order valence-electron chi connectivity index (χ4n) is 18.5. The Labute approximate surface area is 532 Å². The van der Waals surface area contributed by atoms with Crippen LogP contribution in [0, 0.1) is 50.2 Å². The van der Waals surface area contributed by atoms with Crippen LogP contribution in [0.1, 0.15) is 106 Å². The van der Waals surface area contributed by atoms with Gasteiger partial charge in [-0.05, 0) is 104 Å². The van der Waals surface area contributed by atoms with Gasteiger partial charge in [0.15, 0.2) is 37.6 Å². The third-order valence-corrected chi connectivity index (χ3v) is 24.3. The van der Waals surface area contributed by atoms with Crippen LogP contribution in [0.2, 0.25) is 0 Å². The van der Waals surface area contributed by atoms with E-state index < -0.39 is 245 Å². The maximum absolute atomic E-state index is 15.5. The van der Waals surface area contributed by atoms with E-state index in [2.05, 4.69) is 40.7 Å². The molecule has 528 valence electrons. The second-order valence-corrected chi connectivity index (χ2v) is 30.2. The number of hydrogen-bond donors (Lipinski definition) is 17. The van der Waals surface area contributed by atoms with Crippen molar-refractivity contribution in [3.63, 3.8) is 0 Å². The molecule has 10 fully saturated rings. The molecule has 4 saturated carbocycles. The molecule has 0 aromatic heterocycles. The largest absolute Gasteiger partial charge is 0.432 e. The van der Waals surface area contributed by atoms with Crippen LogP contribution in [0.25, 0.3) is 0 Å². The third-order valence-electron chi connectivity index (χ3n) is 24.3. The van der Waals surface area contributed by atoms with Crippen molar-refractivity contribution in [2.24, 2.45) is 50.2 Å². The lowest BCUT2D eigenvalue weighted by Crippen LogP contribution is -2.70. The van der Waals surface area contributed by atoms with Crippen LogP contribution < -0.4 is 0 Å². The van der Waals surface area contributed by atoms with Gasteiger partial charge in [0, 0.05) is 5.41 Å². The van der Waals surface area contributed by atoms with Gasteiger partial charge in [-0.2, -0.15) is 0 Å². The lowest BCUT2D eigenvalue weighted by molar-refractivity contribution is -0.372. The molecule has 11 rings (SSSR count). The first-order valence-electron chi connectivity index (χ1n) is 32.5. The molecule has 30 heteroatoms. The van der Waals surface area contributed by atoms with E-state index in [1.54, 1.807) is 0 Å². The van der Waals surface area contributed by atoms with E-state index in [0.717, 1.165) is 5.57 Å². The zero-order valence-electron chi connectivity index (χ0n) is 53.0.